The molecule has 6 atom stereocenters. The Morgan fingerprint density at radius 1 is 0.541 bits per heavy atom. The molecular formula is C48H81O12P. The van der Waals surface area contributed by atoms with Crippen LogP contribution in [0.4, 0.5) is 0 Å². The molecule has 0 heterocycles. The van der Waals surface area contributed by atoms with Crippen molar-refractivity contribution in [2.75, 3.05) is 19.8 Å². The normalized spacial score (nSPS) is 23.0. The smallest absolute Gasteiger partial charge is 0.457 e. The molecule has 6 N–H and O–H groups in total. The number of aliphatic hydroxyl groups excluding tert-OH is 5. The van der Waals surface area contributed by atoms with Gasteiger partial charge < -0.3 is 39.9 Å². The van der Waals surface area contributed by atoms with Crippen LogP contribution in [0.2, 0.25) is 0 Å². The number of phosphoric ester groups is 1. The fraction of sp³-hybridized carbons (Fsp3) is 0.688. The SMILES string of the molecule is CC/C=C\C/C=C\C/C=C\C/C=C\C/C=C\CC(=O)OC(COCCCCCCCCCC/C=C\C/C=C\CCCCCC)COP(=O)(O)OC1C(O)C(O)C(O)C(O)C1O. The molecule has 0 aromatic heterocycles. The number of unbranched alkanes of at least 4 members (excludes halogenated alkanes) is 12. The maximum atomic E-state index is 12.8. The van der Waals surface area contributed by atoms with Crippen molar-refractivity contribution in [2.45, 2.75) is 191 Å². The summed E-state index contributed by atoms with van der Waals surface area (Å²) in [5, 5.41) is 50.1. The highest BCUT2D eigenvalue weighted by atomic mass is 31.2. The Morgan fingerprint density at radius 2 is 0.967 bits per heavy atom. The largest absolute Gasteiger partial charge is 0.472 e. The van der Waals surface area contributed by atoms with Crippen LogP contribution < -0.4 is 0 Å². The van der Waals surface area contributed by atoms with Gasteiger partial charge in [-0.15, -0.1) is 0 Å². The molecular weight excluding hydrogens is 799 g/mol. The molecule has 6 unspecified atom stereocenters. The van der Waals surface area contributed by atoms with Gasteiger partial charge >= 0.3 is 13.8 Å². The third kappa shape index (κ3) is 30.3. The summed E-state index contributed by atoms with van der Waals surface area (Å²) >= 11 is 0. The second-order valence-corrected chi connectivity index (χ2v) is 16.9. The van der Waals surface area contributed by atoms with Gasteiger partial charge in [-0.25, -0.2) is 4.57 Å². The van der Waals surface area contributed by atoms with E-state index in [2.05, 4.69) is 74.6 Å². The average molecular weight is 881 g/mol. The first-order chi connectivity index (χ1) is 29.5. The molecule has 0 aromatic rings. The minimum absolute atomic E-state index is 0.0521. The van der Waals surface area contributed by atoms with Crippen LogP contribution in [0.25, 0.3) is 0 Å². The molecule has 350 valence electrons. The Labute approximate surface area is 367 Å². The monoisotopic (exact) mass is 881 g/mol. The van der Waals surface area contributed by atoms with Gasteiger partial charge in [-0.1, -0.05) is 157 Å². The van der Waals surface area contributed by atoms with E-state index >= 15 is 0 Å². The maximum absolute atomic E-state index is 12.8. The number of carbonyl (C=O) groups excluding carboxylic acids is 1. The van der Waals surface area contributed by atoms with Gasteiger partial charge in [0.05, 0.1) is 19.6 Å². The van der Waals surface area contributed by atoms with Crippen molar-refractivity contribution in [2.24, 2.45) is 0 Å². The van der Waals surface area contributed by atoms with Gasteiger partial charge in [-0.2, -0.15) is 0 Å². The Morgan fingerprint density at radius 3 is 1.48 bits per heavy atom. The quantitative estimate of drug-likeness (QED) is 0.0150. The van der Waals surface area contributed by atoms with Crippen LogP contribution in [0, 0.1) is 0 Å². The topological polar surface area (TPSA) is 192 Å². The summed E-state index contributed by atoms with van der Waals surface area (Å²) in [6, 6.07) is 0. The van der Waals surface area contributed by atoms with Crippen LogP contribution in [-0.4, -0.2) is 98.9 Å². The van der Waals surface area contributed by atoms with E-state index < -0.39 is 63.1 Å². The highest BCUT2D eigenvalue weighted by Crippen LogP contribution is 2.47. The van der Waals surface area contributed by atoms with E-state index in [1.807, 2.05) is 18.2 Å². The number of phosphoric acid groups is 1. The van der Waals surface area contributed by atoms with Crippen molar-refractivity contribution in [3.8, 4) is 0 Å². The van der Waals surface area contributed by atoms with E-state index in [0.717, 1.165) is 64.2 Å². The number of allylic oxidation sites excluding steroid dienone is 13. The summed E-state index contributed by atoms with van der Waals surface area (Å²) in [5.74, 6) is -0.609. The minimum atomic E-state index is -5.05. The lowest BCUT2D eigenvalue weighted by atomic mass is 9.85. The second kappa shape index (κ2) is 38.0. The number of ether oxygens (including phenoxy) is 2. The number of carbonyl (C=O) groups is 1. The molecule has 0 aromatic carbocycles. The molecule has 0 radical (unpaired) electrons. The van der Waals surface area contributed by atoms with Gasteiger partial charge in [0.15, 0.2) is 0 Å². The first-order valence-electron chi connectivity index (χ1n) is 22.9. The number of aliphatic hydroxyl groups is 5. The van der Waals surface area contributed by atoms with Crippen molar-refractivity contribution in [1.82, 2.24) is 0 Å². The fourth-order valence-electron chi connectivity index (χ4n) is 6.40. The van der Waals surface area contributed by atoms with E-state index in [1.54, 1.807) is 6.08 Å². The Bertz CT molecular complexity index is 1330. The van der Waals surface area contributed by atoms with Crippen molar-refractivity contribution in [3.05, 3.63) is 85.1 Å². The molecule has 13 heteroatoms. The molecule has 0 aliphatic heterocycles. The van der Waals surface area contributed by atoms with Gasteiger partial charge in [0.1, 0.15) is 42.7 Å². The van der Waals surface area contributed by atoms with Gasteiger partial charge in [-0.05, 0) is 70.6 Å². The molecule has 0 amide bonds. The summed E-state index contributed by atoms with van der Waals surface area (Å²) in [7, 11) is -5.05. The molecule has 1 saturated carbocycles. The summed E-state index contributed by atoms with van der Waals surface area (Å²) < 4.78 is 34.0. The lowest BCUT2D eigenvalue weighted by Crippen LogP contribution is -2.64. The molecule has 1 rings (SSSR count). The van der Waals surface area contributed by atoms with Crippen LogP contribution >= 0.6 is 7.82 Å². The number of esters is 1. The van der Waals surface area contributed by atoms with Crippen molar-refractivity contribution in [3.63, 3.8) is 0 Å². The van der Waals surface area contributed by atoms with Crippen LogP contribution in [0.1, 0.15) is 149 Å². The zero-order chi connectivity index (χ0) is 44.8. The third-order valence-electron chi connectivity index (χ3n) is 10.0. The first kappa shape index (κ1) is 56.5. The van der Waals surface area contributed by atoms with E-state index in [1.165, 1.54) is 57.8 Å². The van der Waals surface area contributed by atoms with Crippen molar-refractivity contribution < 1.29 is 58.3 Å². The molecule has 0 spiro atoms. The Hall–Kier alpha value is -2.48. The van der Waals surface area contributed by atoms with E-state index in [9.17, 15) is 39.8 Å². The van der Waals surface area contributed by atoms with Crippen molar-refractivity contribution >= 4 is 13.8 Å². The van der Waals surface area contributed by atoms with Crippen LogP contribution in [0.15, 0.2) is 85.1 Å². The molecule has 1 aliphatic carbocycles. The zero-order valence-corrected chi connectivity index (χ0v) is 38.1. The standard InChI is InChI=1S/C48H81O12P/c1-3-5-7-9-11-13-15-17-19-20-21-22-24-26-28-30-32-34-36-38-57-39-41(40-58-61(55,56)60-48-46(53)44(51)43(50)45(52)47(48)54)59-42(49)37-35-33-31-29-27-25-23-18-16-14-12-10-8-6-4-2/h6,8,12-15,18-20,23,27,29,33,35,41,43-48,50-54H,3-5,7,9-11,16-17,21-22,24-26,28,30-32,34,36-40H2,1-2H3,(H,55,56)/b8-6-,14-12-,15-13-,20-19-,23-18-,29-27-,35-33-. The summed E-state index contributed by atoms with van der Waals surface area (Å²) in [6.07, 6.45) is 38.2. The van der Waals surface area contributed by atoms with Crippen molar-refractivity contribution in [1.29, 1.82) is 0 Å². The molecule has 0 saturated heterocycles. The van der Waals surface area contributed by atoms with E-state index in [-0.39, 0.29) is 13.0 Å². The molecule has 1 aliphatic rings. The Balaban J connectivity index is 2.46. The fourth-order valence-corrected chi connectivity index (χ4v) is 7.37. The molecule has 1 fully saturated rings. The molecule has 61 heavy (non-hydrogen) atoms. The zero-order valence-electron chi connectivity index (χ0n) is 37.2. The van der Waals surface area contributed by atoms with Crippen LogP contribution in [0.3, 0.4) is 0 Å². The Kier molecular flexibility index (Phi) is 35.2. The average Bonchev–Trinajstić information content (AvgIpc) is 3.24. The predicted molar refractivity (Wildman–Crippen MR) is 244 cm³/mol. The molecule has 12 nitrogen and oxygen atoms in total. The van der Waals surface area contributed by atoms with Gasteiger partial charge in [0, 0.05) is 6.61 Å². The van der Waals surface area contributed by atoms with Crippen LogP contribution in [0.5, 0.6) is 0 Å². The highest BCUT2D eigenvalue weighted by molar-refractivity contribution is 7.47. The maximum Gasteiger partial charge on any atom is 0.472 e. The third-order valence-corrected chi connectivity index (χ3v) is 11.0. The predicted octanol–water partition coefficient (Wildman–Crippen LogP) is 9.36. The van der Waals surface area contributed by atoms with E-state index in [0.29, 0.717) is 13.0 Å². The second-order valence-electron chi connectivity index (χ2n) is 15.5. The lowest BCUT2D eigenvalue weighted by Gasteiger charge is -2.41. The van der Waals surface area contributed by atoms with E-state index in [4.69, 9.17) is 18.5 Å². The first-order valence-corrected chi connectivity index (χ1v) is 24.4. The van der Waals surface area contributed by atoms with Gasteiger partial charge in [-0.3, -0.25) is 13.8 Å². The number of hydrogen-bond donors (Lipinski definition) is 6. The summed E-state index contributed by atoms with van der Waals surface area (Å²) in [5.41, 5.74) is 0. The number of hydrogen-bond acceptors (Lipinski definition) is 11. The summed E-state index contributed by atoms with van der Waals surface area (Å²) in [6.45, 7) is 3.99. The molecule has 0 bridgehead atoms. The lowest BCUT2D eigenvalue weighted by molar-refractivity contribution is -0.220. The van der Waals surface area contributed by atoms with Crippen LogP contribution in [-0.2, 0) is 27.9 Å². The van der Waals surface area contributed by atoms with Gasteiger partial charge in [0.2, 0.25) is 0 Å². The number of rotatable bonds is 37. The summed E-state index contributed by atoms with van der Waals surface area (Å²) in [4.78, 5) is 23.1. The minimum Gasteiger partial charge on any atom is -0.457 e. The highest BCUT2D eigenvalue weighted by Gasteiger charge is 2.51. The van der Waals surface area contributed by atoms with Gasteiger partial charge in [0.25, 0.3) is 0 Å².